The lowest BCUT2D eigenvalue weighted by atomic mass is 9.67. The quantitative estimate of drug-likeness (QED) is 0.0862. The zero-order chi connectivity index (χ0) is 72.9. The molecule has 0 N–H and O–H groups in total. The van der Waals surface area contributed by atoms with Gasteiger partial charge in [-0.2, -0.15) is 0 Å². The van der Waals surface area contributed by atoms with Gasteiger partial charge in [0, 0.05) is 94.7 Å². The van der Waals surface area contributed by atoms with E-state index in [1.165, 1.54) is 0 Å². The van der Waals surface area contributed by atoms with E-state index in [1.807, 2.05) is 6.92 Å². The summed E-state index contributed by atoms with van der Waals surface area (Å²) in [7, 11) is -6.83. The van der Waals surface area contributed by atoms with Crippen LogP contribution in [0, 0.1) is 80.8 Å². The van der Waals surface area contributed by atoms with E-state index in [9.17, 15) is 64.8 Å². The van der Waals surface area contributed by atoms with Crippen LogP contribution < -0.4 is 0 Å². The molecule has 0 spiro atoms. The summed E-state index contributed by atoms with van der Waals surface area (Å²) in [4.78, 5) is 142. The SMILES string of the molecule is CC1(C)[C@@H]2[C@H]3C(=O)C[C@H](C(=O)C(=O)CC4CC4)CCCCCCCC[C@H](CC(=O)CC4([C@H]5CCCS5(=O)=O)CCCCC4)C(=O)N3C[C@@H]21.CCOCC(C)(C)S(=O)(=O)CC1(CC(=O)C[C@H]2CCCCCCCCC[C@@H](C(=O)C(=O)CC3CC3)CC(=O)[C@@H]3[C@@H]4[C@H](CN3C2=O)C4(C)C)CCCCC1. The molecule has 6 aliphatic carbocycles. The summed E-state index contributed by atoms with van der Waals surface area (Å²) in [6.07, 6.45) is 29.2. The van der Waals surface area contributed by atoms with E-state index in [0.29, 0.717) is 89.3 Å². The molecule has 2 amide bonds. The first-order valence-corrected chi connectivity index (χ1v) is 44.1. The fourth-order valence-electron chi connectivity index (χ4n) is 20.8. The van der Waals surface area contributed by atoms with Crippen LogP contribution in [0.1, 0.15) is 312 Å². The lowest BCUT2D eigenvalue weighted by molar-refractivity contribution is -0.146. The molecule has 0 aromatic heterocycles. The predicted molar refractivity (Wildman–Crippen MR) is 390 cm³/mol. The Balaban J connectivity index is 0.000000219. The number of hydrogen-bond donors (Lipinski definition) is 0. The second kappa shape index (κ2) is 33.5. The fourth-order valence-corrected chi connectivity index (χ4v) is 25.1. The minimum Gasteiger partial charge on any atom is -0.380 e. The minimum absolute atomic E-state index is 0.00265. The summed E-state index contributed by atoms with van der Waals surface area (Å²) in [6, 6.07) is -1.27. The standard InChI is InChI=1S/C43H69NO8S.C39H59NO7S/c1-6-52-28-41(2,3)53(50,51)29-43(21-15-12-16-22-43)26-33(45)24-32-18-14-11-9-7-8-10-13-17-31(39(48)36(47)23-30-19-20-30)25-35(46)38-37-34(42(37,4)5)27-44(38)40(32)49;1-38(2)30-25-40-35(34(30)38)31(42)23-27(36(44)32(43)21-26-16-17-26)13-8-5-3-4-6-9-14-28(37(40)45)22-29(41)24-39(18-10-7-11-19-39)33-15-12-20-48(33,46)47/h30-32,34,37-38H,6-29H2,1-5H3;26-28,30,33-35H,3-25H2,1-2H3/t31-,32-,34+,37+,38-;27-,28-,30+,33-,34+,35-/m11/s1. The first-order chi connectivity index (χ1) is 47.9. The Morgan fingerprint density at radius 2 is 0.901 bits per heavy atom. The van der Waals surface area contributed by atoms with Crippen molar-refractivity contribution >= 4 is 77.8 Å². The average molecular weight is 1450 g/mol. The summed E-state index contributed by atoms with van der Waals surface area (Å²) in [6.45, 7) is 15.3. The highest BCUT2D eigenvalue weighted by atomic mass is 32.2. The smallest absolute Gasteiger partial charge is 0.226 e. The number of nitrogens with zero attached hydrogens (tertiary/aromatic N) is 2. The van der Waals surface area contributed by atoms with Gasteiger partial charge in [0.25, 0.3) is 0 Å². The Bertz CT molecular complexity index is 3260. The van der Waals surface area contributed by atoms with E-state index in [0.717, 1.165) is 161 Å². The second-order valence-electron chi connectivity index (χ2n) is 36.5. The highest BCUT2D eigenvalue weighted by molar-refractivity contribution is 7.92. The summed E-state index contributed by atoms with van der Waals surface area (Å²) in [5.41, 5.74) is -1.36. The molecule has 11 atom stereocenters. The highest BCUT2D eigenvalue weighted by Crippen LogP contribution is 2.67. The van der Waals surface area contributed by atoms with Crippen LogP contribution in [0.3, 0.4) is 0 Å². The molecule has 0 bridgehead atoms. The Morgan fingerprint density at radius 1 is 0.505 bits per heavy atom. The first-order valence-electron chi connectivity index (χ1n) is 40.7. The van der Waals surface area contributed by atoms with Gasteiger partial charge in [-0.15, -0.1) is 0 Å². The molecular weight excluding hydrogens is 1320 g/mol. The summed E-state index contributed by atoms with van der Waals surface area (Å²) in [5.74, 6) is -3.26. The van der Waals surface area contributed by atoms with Crippen LogP contribution in [0.15, 0.2) is 0 Å². The van der Waals surface area contributed by atoms with E-state index in [2.05, 4.69) is 27.7 Å². The highest BCUT2D eigenvalue weighted by Gasteiger charge is 2.71. The zero-order valence-corrected chi connectivity index (χ0v) is 64.7. The third-order valence-electron chi connectivity index (χ3n) is 27.7. The number of carbonyl (C=O) groups excluding carboxylic acids is 10. The Morgan fingerprint density at radius 3 is 1.31 bits per heavy atom. The van der Waals surface area contributed by atoms with Gasteiger partial charge in [-0.1, -0.05) is 150 Å². The molecule has 0 aromatic carbocycles. The topological polar surface area (TPSA) is 255 Å². The molecule has 0 radical (unpaired) electrons. The summed E-state index contributed by atoms with van der Waals surface area (Å²) >= 11 is 0. The molecule has 568 valence electrons. The van der Waals surface area contributed by atoms with Gasteiger partial charge in [-0.05, 0) is 168 Å². The Labute approximate surface area is 606 Å². The number of amides is 2. The van der Waals surface area contributed by atoms with E-state index in [1.54, 1.807) is 23.6 Å². The van der Waals surface area contributed by atoms with Crippen LogP contribution in [0.5, 0.6) is 0 Å². The Hall–Kier alpha value is -3.84. The number of ether oxygens (including phenoxy) is 1. The molecule has 17 nitrogen and oxygen atoms in total. The number of sulfone groups is 2. The molecule has 11 aliphatic rings. The van der Waals surface area contributed by atoms with Crippen molar-refractivity contribution in [2.45, 2.75) is 334 Å². The van der Waals surface area contributed by atoms with E-state index in [-0.39, 0.29) is 144 Å². The lowest BCUT2D eigenvalue weighted by Gasteiger charge is -2.41. The van der Waals surface area contributed by atoms with Crippen molar-refractivity contribution in [2.24, 2.45) is 80.8 Å². The van der Waals surface area contributed by atoms with Crippen molar-refractivity contribution in [1.82, 2.24) is 9.80 Å². The predicted octanol–water partition coefficient (Wildman–Crippen LogP) is 14.3. The molecular formula is C82H128N2O15S2. The van der Waals surface area contributed by atoms with Gasteiger partial charge in [0.05, 0.1) is 40.2 Å². The van der Waals surface area contributed by atoms with Crippen LogP contribution in [0.25, 0.3) is 0 Å². The number of rotatable bonds is 23. The maximum Gasteiger partial charge on any atom is 0.226 e. The third kappa shape index (κ3) is 19.3. The number of hydrogen-bond acceptors (Lipinski definition) is 15. The average Bonchev–Trinajstić information content (AvgIpc) is 1.53. The maximum atomic E-state index is 14.7. The van der Waals surface area contributed by atoms with Crippen LogP contribution >= 0.6 is 0 Å². The minimum atomic E-state index is -3.60. The third-order valence-corrected chi connectivity index (χ3v) is 32.9. The molecule has 11 rings (SSSR count). The Kier molecular flexibility index (Phi) is 26.5. The summed E-state index contributed by atoms with van der Waals surface area (Å²) < 4.78 is 58.4. The van der Waals surface area contributed by atoms with Crippen molar-refractivity contribution in [3.8, 4) is 0 Å². The lowest BCUT2D eigenvalue weighted by Crippen LogP contribution is -2.49. The number of ketones is 8. The molecule has 0 aromatic rings. The van der Waals surface area contributed by atoms with Crippen LogP contribution in [0.2, 0.25) is 0 Å². The van der Waals surface area contributed by atoms with Crippen molar-refractivity contribution in [2.75, 3.05) is 37.8 Å². The molecule has 11 fully saturated rings. The van der Waals surface area contributed by atoms with Gasteiger partial charge in [-0.25, -0.2) is 16.8 Å². The van der Waals surface area contributed by atoms with Crippen molar-refractivity contribution in [3.63, 3.8) is 0 Å². The molecule has 5 heterocycles. The normalized spacial score (nSPS) is 32.4. The molecule has 5 aliphatic heterocycles. The van der Waals surface area contributed by atoms with Crippen molar-refractivity contribution < 1.29 is 69.5 Å². The van der Waals surface area contributed by atoms with Gasteiger partial charge in [0.1, 0.15) is 11.6 Å². The zero-order valence-electron chi connectivity index (χ0n) is 63.1. The van der Waals surface area contributed by atoms with Crippen molar-refractivity contribution in [1.29, 1.82) is 0 Å². The number of Topliss-reactive ketones (excluding diaryl/α,β-unsaturated/α-hetero) is 8. The largest absolute Gasteiger partial charge is 0.380 e. The monoisotopic (exact) mass is 1440 g/mol. The van der Waals surface area contributed by atoms with E-state index >= 15 is 0 Å². The number of piperidine rings is 2. The van der Waals surface area contributed by atoms with Crippen LogP contribution in [0.4, 0.5) is 0 Å². The fraction of sp³-hybridized carbons (Fsp3) is 0.878. The van der Waals surface area contributed by atoms with Gasteiger partial charge in [-0.3, -0.25) is 47.9 Å². The maximum absolute atomic E-state index is 14.7. The molecule has 0 unspecified atom stereocenters. The first kappa shape index (κ1) is 79.7. The summed E-state index contributed by atoms with van der Waals surface area (Å²) in [5, 5.41) is -0.459. The number of carbonyl (C=O) groups is 10. The van der Waals surface area contributed by atoms with E-state index < -0.39 is 87.8 Å². The van der Waals surface area contributed by atoms with Gasteiger partial charge in [0.2, 0.25) is 23.4 Å². The van der Waals surface area contributed by atoms with Crippen LogP contribution in [-0.4, -0.2) is 145 Å². The molecule has 6 saturated carbocycles. The van der Waals surface area contributed by atoms with Gasteiger partial charge in [0.15, 0.2) is 42.8 Å². The van der Waals surface area contributed by atoms with Gasteiger partial charge >= 0.3 is 0 Å². The number of fused-ring (bicyclic) bond motifs is 6. The van der Waals surface area contributed by atoms with Gasteiger partial charge < -0.3 is 14.5 Å². The van der Waals surface area contributed by atoms with E-state index in [4.69, 9.17) is 4.74 Å². The second-order valence-corrected chi connectivity index (χ2v) is 41.4. The van der Waals surface area contributed by atoms with Crippen molar-refractivity contribution in [3.05, 3.63) is 0 Å². The molecule has 19 heteroatoms. The van der Waals surface area contributed by atoms with Crippen LogP contribution in [-0.2, 0) is 72.4 Å². The molecule has 101 heavy (non-hydrogen) atoms. The molecule has 5 saturated heterocycles.